The van der Waals surface area contributed by atoms with E-state index in [1.54, 1.807) is 54.6 Å². The number of hydrogen-bond donors (Lipinski definition) is 2. The molecule has 0 unspecified atom stereocenters. The molecule has 1 aliphatic rings. The number of para-hydroxylation sites is 1. The molecule has 3 aromatic carbocycles. The van der Waals surface area contributed by atoms with Crippen molar-refractivity contribution in [3.8, 4) is 0 Å². The van der Waals surface area contributed by atoms with E-state index < -0.39 is 10.0 Å². The minimum Gasteiger partial charge on any atom is -0.348 e. The van der Waals surface area contributed by atoms with Crippen LogP contribution in [0.4, 0.5) is 5.69 Å². The second-order valence-electron chi connectivity index (χ2n) is 8.19. The predicted molar refractivity (Wildman–Crippen MR) is 131 cm³/mol. The zero-order valence-electron chi connectivity index (χ0n) is 18.7. The molecular formula is C26H27N3O4S. The number of benzene rings is 3. The third-order valence-corrected chi connectivity index (χ3v) is 7.84. The van der Waals surface area contributed by atoms with Gasteiger partial charge >= 0.3 is 0 Å². The summed E-state index contributed by atoms with van der Waals surface area (Å²) in [5.74, 6) is -0.814. The van der Waals surface area contributed by atoms with Crippen LogP contribution in [0.3, 0.4) is 0 Å². The lowest BCUT2D eigenvalue weighted by atomic mass is 9.97. The number of nitrogens with zero attached hydrogens (tertiary/aromatic N) is 1. The number of hydrogen-bond acceptors (Lipinski definition) is 4. The van der Waals surface area contributed by atoms with Crippen LogP contribution >= 0.6 is 0 Å². The van der Waals surface area contributed by atoms with Gasteiger partial charge in [0.25, 0.3) is 5.91 Å². The molecule has 0 atom stereocenters. The molecule has 176 valence electrons. The molecule has 1 saturated heterocycles. The number of carbonyl (C=O) groups excluding carboxylic acids is 2. The van der Waals surface area contributed by atoms with Crippen molar-refractivity contribution in [1.29, 1.82) is 0 Å². The number of amides is 2. The predicted octanol–water partition coefficient (Wildman–Crippen LogP) is 3.66. The Bertz CT molecular complexity index is 1240. The fourth-order valence-corrected chi connectivity index (χ4v) is 5.49. The van der Waals surface area contributed by atoms with Crippen LogP contribution in [0.2, 0.25) is 0 Å². The van der Waals surface area contributed by atoms with Crippen LogP contribution in [0, 0.1) is 5.92 Å². The molecule has 0 bridgehead atoms. The van der Waals surface area contributed by atoms with Crippen molar-refractivity contribution in [3.05, 3.63) is 96.1 Å². The molecule has 0 aliphatic carbocycles. The summed E-state index contributed by atoms with van der Waals surface area (Å²) in [7, 11) is -3.57. The molecule has 1 fully saturated rings. The Kier molecular flexibility index (Phi) is 7.40. The first-order chi connectivity index (χ1) is 16.4. The minimum absolute atomic E-state index is 0.208. The van der Waals surface area contributed by atoms with Gasteiger partial charge in [0.05, 0.1) is 16.1 Å². The van der Waals surface area contributed by atoms with Crippen molar-refractivity contribution in [3.63, 3.8) is 0 Å². The summed E-state index contributed by atoms with van der Waals surface area (Å²) < 4.78 is 27.1. The molecule has 2 N–H and O–H groups in total. The summed E-state index contributed by atoms with van der Waals surface area (Å²) in [5.41, 5.74) is 1.81. The van der Waals surface area contributed by atoms with Gasteiger partial charge in [-0.3, -0.25) is 9.59 Å². The highest BCUT2D eigenvalue weighted by Gasteiger charge is 2.32. The summed E-state index contributed by atoms with van der Waals surface area (Å²) >= 11 is 0. The maximum atomic E-state index is 12.9. The Morgan fingerprint density at radius 1 is 0.824 bits per heavy atom. The van der Waals surface area contributed by atoms with Crippen LogP contribution in [0.15, 0.2) is 89.8 Å². The normalized spacial score (nSPS) is 14.9. The van der Waals surface area contributed by atoms with Gasteiger partial charge < -0.3 is 10.6 Å². The number of anilines is 1. The lowest BCUT2D eigenvalue weighted by Gasteiger charge is -2.30. The lowest BCUT2D eigenvalue weighted by molar-refractivity contribution is -0.120. The summed E-state index contributed by atoms with van der Waals surface area (Å²) in [6, 6.07) is 24.8. The molecule has 1 heterocycles. The molecule has 0 saturated carbocycles. The van der Waals surface area contributed by atoms with Gasteiger partial charge in [0.15, 0.2) is 0 Å². The lowest BCUT2D eigenvalue weighted by Crippen LogP contribution is -2.41. The monoisotopic (exact) mass is 477 g/mol. The third kappa shape index (κ3) is 5.52. The van der Waals surface area contributed by atoms with E-state index in [1.807, 2.05) is 30.3 Å². The number of carbonyl (C=O) groups is 2. The molecule has 4 rings (SSSR count). The van der Waals surface area contributed by atoms with Crippen LogP contribution in [-0.4, -0.2) is 37.6 Å². The van der Waals surface area contributed by atoms with Crippen LogP contribution in [-0.2, 0) is 21.4 Å². The van der Waals surface area contributed by atoms with Crippen molar-refractivity contribution in [2.75, 3.05) is 18.4 Å². The van der Waals surface area contributed by atoms with Crippen molar-refractivity contribution < 1.29 is 18.0 Å². The SMILES string of the molecule is O=C(NCc1ccccc1)c1ccccc1NC(=O)C1CCN(S(=O)(=O)c2ccccc2)CC1. The van der Waals surface area contributed by atoms with E-state index in [9.17, 15) is 18.0 Å². The van der Waals surface area contributed by atoms with Gasteiger partial charge in [-0.15, -0.1) is 0 Å². The van der Waals surface area contributed by atoms with Crippen LogP contribution in [0.5, 0.6) is 0 Å². The van der Waals surface area contributed by atoms with Crippen LogP contribution < -0.4 is 10.6 Å². The van der Waals surface area contributed by atoms with Crippen LogP contribution in [0.1, 0.15) is 28.8 Å². The number of nitrogens with one attached hydrogen (secondary N) is 2. The zero-order valence-corrected chi connectivity index (χ0v) is 19.5. The maximum Gasteiger partial charge on any atom is 0.253 e. The fourth-order valence-electron chi connectivity index (χ4n) is 4.00. The van der Waals surface area contributed by atoms with Crippen LogP contribution in [0.25, 0.3) is 0 Å². The maximum absolute atomic E-state index is 12.9. The second-order valence-corrected chi connectivity index (χ2v) is 10.1. The topological polar surface area (TPSA) is 95.6 Å². The minimum atomic E-state index is -3.57. The summed E-state index contributed by atoms with van der Waals surface area (Å²) in [6.07, 6.45) is 0.834. The molecule has 8 heteroatoms. The Morgan fingerprint density at radius 3 is 2.09 bits per heavy atom. The van der Waals surface area contributed by atoms with E-state index in [0.29, 0.717) is 30.6 Å². The zero-order chi connectivity index (χ0) is 24.0. The summed E-state index contributed by atoms with van der Waals surface area (Å²) in [6.45, 7) is 0.930. The third-order valence-electron chi connectivity index (χ3n) is 5.93. The van der Waals surface area contributed by atoms with E-state index in [0.717, 1.165) is 5.56 Å². The number of sulfonamides is 1. The van der Waals surface area contributed by atoms with Gasteiger partial charge in [0.2, 0.25) is 15.9 Å². The van der Waals surface area contributed by atoms with Gasteiger partial charge in [-0.05, 0) is 42.7 Å². The van der Waals surface area contributed by atoms with E-state index >= 15 is 0 Å². The van der Waals surface area contributed by atoms with E-state index in [-0.39, 0.29) is 35.7 Å². The highest BCUT2D eigenvalue weighted by molar-refractivity contribution is 7.89. The van der Waals surface area contributed by atoms with Gasteiger partial charge in [-0.25, -0.2) is 8.42 Å². The van der Waals surface area contributed by atoms with Crippen molar-refractivity contribution >= 4 is 27.5 Å². The van der Waals surface area contributed by atoms with E-state index in [4.69, 9.17) is 0 Å². The Balaban J connectivity index is 1.36. The Morgan fingerprint density at radius 2 is 1.41 bits per heavy atom. The first kappa shape index (κ1) is 23.7. The average Bonchev–Trinajstić information content (AvgIpc) is 2.89. The first-order valence-corrected chi connectivity index (χ1v) is 12.7. The summed E-state index contributed by atoms with van der Waals surface area (Å²) in [5, 5.41) is 5.76. The molecular weight excluding hydrogens is 450 g/mol. The molecule has 7 nitrogen and oxygen atoms in total. The largest absolute Gasteiger partial charge is 0.348 e. The fraction of sp³-hybridized carbons (Fsp3) is 0.231. The molecule has 3 aromatic rings. The van der Waals surface area contributed by atoms with Gasteiger partial charge in [0, 0.05) is 25.6 Å². The van der Waals surface area contributed by atoms with E-state index in [2.05, 4.69) is 10.6 Å². The summed E-state index contributed by atoms with van der Waals surface area (Å²) in [4.78, 5) is 25.9. The Hall–Kier alpha value is -3.49. The molecule has 0 radical (unpaired) electrons. The first-order valence-electron chi connectivity index (χ1n) is 11.2. The van der Waals surface area contributed by atoms with E-state index in [1.165, 1.54) is 4.31 Å². The van der Waals surface area contributed by atoms with Gasteiger partial charge in [0.1, 0.15) is 0 Å². The molecule has 0 aromatic heterocycles. The van der Waals surface area contributed by atoms with Gasteiger partial charge in [-0.2, -0.15) is 4.31 Å². The van der Waals surface area contributed by atoms with Crippen molar-refractivity contribution in [2.45, 2.75) is 24.3 Å². The standard InChI is InChI=1S/C26H27N3O4S/c30-25(21-15-17-29(18-16-21)34(32,33)22-11-5-2-6-12-22)28-24-14-8-7-13-23(24)26(31)27-19-20-9-3-1-4-10-20/h1-14,21H,15-19H2,(H,27,31)(H,28,30). The quantitative estimate of drug-likeness (QED) is 0.543. The van der Waals surface area contributed by atoms with Crippen molar-refractivity contribution in [2.24, 2.45) is 5.92 Å². The highest BCUT2D eigenvalue weighted by Crippen LogP contribution is 2.25. The molecule has 34 heavy (non-hydrogen) atoms. The second kappa shape index (κ2) is 10.6. The highest BCUT2D eigenvalue weighted by atomic mass is 32.2. The molecule has 2 amide bonds. The Labute approximate surface area is 199 Å². The number of piperidine rings is 1. The molecule has 1 aliphatic heterocycles. The average molecular weight is 478 g/mol. The van der Waals surface area contributed by atoms with Gasteiger partial charge in [-0.1, -0.05) is 60.7 Å². The smallest absolute Gasteiger partial charge is 0.253 e. The number of rotatable bonds is 7. The van der Waals surface area contributed by atoms with Crippen molar-refractivity contribution in [1.82, 2.24) is 9.62 Å². The molecule has 0 spiro atoms.